The molecule has 10 nitrogen and oxygen atoms in total. The van der Waals surface area contributed by atoms with E-state index in [0.717, 1.165) is 57.3 Å². The number of fused-ring (bicyclic) bond motifs is 1. The summed E-state index contributed by atoms with van der Waals surface area (Å²) in [7, 11) is 0. The Morgan fingerprint density at radius 2 is 1.60 bits per heavy atom. The van der Waals surface area contributed by atoms with E-state index in [1.165, 1.54) is 0 Å². The van der Waals surface area contributed by atoms with Gasteiger partial charge in [0.15, 0.2) is 6.10 Å². The molecular formula is C33H45N5O5. The second-order valence-corrected chi connectivity index (χ2v) is 12.3. The Labute approximate surface area is 254 Å². The highest BCUT2D eigenvalue weighted by atomic mass is 16.6. The predicted octanol–water partition coefficient (Wildman–Crippen LogP) is 3.87. The molecule has 4 atom stereocenters. The van der Waals surface area contributed by atoms with Crippen molar-refractivity contribution in [1.82, 2.24) is 25.1 Å². The third-order valence-electron chi connectivity index (χ3n) is 9.19. The van der Waals surface area contributed by atoms with Crippen LogP contribution in [0.2, 0.25) is 0 Å². The summed E-state index contributed by atoms with van der Waals surface area (Å²) in [6.07, 6.45) is 4.31. The van der Waals surface area contributed by atoms with Gasteiger partial charge in [-0.1, -0.05) is 43.2 Å². The minimum absolute atomic E-state index is 0.00555. The predicted molar refractivity (Wildman–Crippen MR) is 161 cm³/mol. The first-order valence-corrected chi connectivity index (χ1v) is 15.8. The SMILES string of the molecule is CCOC(=O)C(C)Oc1nc(C)c(C(=O)N2CC3CN(CCC(NC(=O)C4CCCC4)c4ccccc4)CC3C2)c(C)n1. The average molecular weight is 592 g/mol. The molecule has 5 rings (SSSR count). The molecule has 1 aromatic carbocycles. The molecule has 232 valence electrons. The number of ether oxygens (including phenoxy) is 2. The minimum atomic E-state index is -0.840. The molecule has 1 N–H and O–H groups in total. The summed E-state index contributed by atoms with van der Waals surface area (Å²) in [5.41, 5.74) is 2.73. The molecule has 2 aliphatic heterocycles. The van der Waals surface area contributed by atoms with Crippen molar-refractivity contribution in [2.75, 3.05) is 39.3 Å². The maximum atomic E-state index is 13.6. The van der Waals surface area contributed by atoms with Gasteiger partial charge in [-0.15, -0.1) is 0 Å². The van der Waals surface area contributed by atoms with Crippen molar-refractivity contribution in [3.63, 3.8) is 0 Å². The summed E-state index contributed by atoms with van der Waals surface area (Å²) in [6.45, 7) is 11.3. The molecule has 2 amide bonds. The number of carbonyl (C=O) groups is 3. The number of nitrogens with zero attached hydrogens (tertiary/aromatic N) is 4. The first-order chi connectivity index (χ1) is 20.7. The number of rotatable bonds is 11. The normalized spacial score (nSPS) is 21.8. The fraction of sp³-hybridized carbons (Fsp3) is 0.606. The molecule has 2 aromatic rings. The Kier molecular flexibility index (Phi) is 9.95. The van der Waals surface area contributed by atoms with Gasteiger partial charge in [0.1, 0.15) is 0 Å². The van der Waals surface area contributed by atoms with Gasteiger partial charge in [-0.05, 0) is 64.4 Å². The summed E-state index contributed by atoms with van der Waals surface area (Å²) in [4.78, 5) is 51.7. The smallest absolute Gasteiger partial charge is 0.347 e. The zero-order valence-corrected chi connectivity index (χ0v) is 25.9. The highest BCUT2D eigenvalue weighted by Gasteiger charge is 2.42. The lowest BCUT2D eigenvalue weighted by Gasteiger charge is -2.26. The topological polar surface area (TPSA) is 114 Å². The van der Waals surface area contributed by atoms with Crippen molar-refractivity contribution in [3.8, 4) is 6.01 Å². The van der Waals surface area contributed by atoms with Gasteiger partial charge in [-0.3, -0.25) is 9.59 Å². The number of carbonyl (C=O) groups excluding carboxylic acids is 3. The molecule has 4 unspecified atom stereocenters. The van der Waals surface area contributed by atoms with Crippen LogP contribution in [0.3, 0.4) is 0 Å². The second kappa shape index (κ2) is 13.8. The number of hydrogen-bond donors (Lipinski definition) is 1. The third-order valence-corrected chi connectivity index (χ3v) is 9.19. The van der Waals surface area contributed by atoms with Crippen LogP contribution in [0, 0.1) is 31.6 Å². The van der Waals surface area contributed by atoms with Crippen molar-refractivity contribution in [2.45, 2.75) is 71.9 Å². The van der Waals surface area contributed by atoms with E-state index in [1.54, 1.807) is 27.7 Å². The Bertz CT molecular complexity index is 1260. The molecule has 2 saturated heterocycles. The van der Waals surface area contributed by atoms with Crippen molar-refractivity contribution >= 4 is 17.8 Å². The van der Waals surface area contributed by atoms with E-state index in [9.17, 15) is 14.4 Å². The van der Waals surface area contributed by atoms with E-state index in [0.29, 0.717) is 41.9 Å². The largest absolute Gasteiger partial charge is 0.463 e. The lowest BCUT2D eigenvalue weighted by atomic mass is 10.0. The molecule has 0 bridgehead atoms. The van der Waals surface area contributed by atoms with Crippen LogP contribution in [0.15, 0.2) is 30.3 Å². The van der Waals surface area contributed by atoms with Gasteiger partial charge in [-0.25, -0.2) is 4.79 Å². The van der Waals surface area contributed by atoms with Gasteiger partial charge in [0.05, 0.1) is 29.6 Å². The molecule has 0 radical (unpaired) electrons. The third kappa shape index (κ3) is 7.34. The molecule has 3 aliphatic rings. The van der Waals surface area contributed by atoms with Gasteiger partial charge in [0.2, 0.25) is 5.91 Å². The highest BCUT2D eigenvalue weighted by Crippen LogP contribution is 2.33. The van der Waals surface area contributed by atoms with E-state index in [2.05, 4.69) is 32.3 Å². The number of esters is 1. The Hall–Kier alpha value is -3.53. The number of aromatic nitrogens is 2. The highest BCUT2D eigenvalue weighted by molar-refractivity contribution is 5.96. The Balaban J connectivity index is 1.15. The molecule has 10 heteroatoms. The Morgan fingerprint density at radius 3 is 2.21 bits per heavy atom. The monoisotopic (exact) mass is 591 g/mol. The molecule has 3 fully saturated rings. The van der Waals surface area contributed by atoms with Crippen LogP contribution < -0.4 is 10.1 Å². The molecule has 43 heavy (non-hydrogen) atoms. The number of hydrogen-bond acceptors (Lipinski definition) is 8. The van der Waals surface area contributed by atoms with Crippen molar-refractivity contribution < 1.29 is 23.9 Å². The number of nitrogens with one attached hydrogen (secondary N) is 1. The quantitative estimate of drug-likeness (QED) is 0.392. The zero-order valence-electron chi connectivity index (χ0n) is 25.9. The van der Waals surface area contributed by atoms with Crippen LogP contribution >= 0.6 is 0 Å². The second-order valence-electron chi connectivity index (χ2n) is 12.3. The van der Waals surface area contributed by atoms with Crippen LogP contribution in [0.5, 0.6) is 6.01 Å². The molecular weight excluding hydrogens is 546 g/mol. The number of likely N-dealkylation sites (tertiary alicyclic amines) is 2. The number of aryl methyl sites for hydroxylation is 2. The number of benzene rings is 1. The number of amides is 2. The summed E-state index contributed by atoms with van der Waals surface area (Å²) >= 11 is 0. The lowest BCUT2D eigenvalue weighted by molar-refractivity contribution is -0.150. The first-order valence-electron chi connectivity index (χ1n) is 15.8. The summed E-state index contributed by atoms with van der Waals surface area (Å²) in [5.74, 6) is 0.642. The van der Waals surface area contributed by atoms with Crippen LogP contribution in [0.1, 0.15) is 79.3 Å². The van der Waals surface area contributed by atoms with Crippen LogP contribution in [-0.4, -0.2) is 83.0 Å². The maximum Gasteiger partial charge on any atom is 0.347 e. The van der Waals surface area contributed by atoms with E-state index >= 15 is 0 Å². The average Bonchev–Trinajstić information content (AvgIpc) is 3.73. The van der Waals surface area contributed by atoms with Crippen molar-refractivity contribution in [2.24, 2.45) is 17.8 Å². The minimum Gasteiger partial charge on any atom is -0.463 e. The molecule has 1 aliphatic carbocycles. The van der Waals surface area contributed by atoms with E-state index in [1.807, 2.05) is 23.1 Å². The van der Waals surface area contributed by atoms with Gasteiger partial charge >= 0.3 is 12.0 Å². The summed E-state index contributed by atoms with van der Waals surface area (Å²) in [5, 5.41) is 3.36. The molecule has 1 saturated carbocycles. The molecule has 1 aromatic heterocycles. The van der Waals surface area contributed by atoms with Crippen molar-refractivity contribution in [3.05, 3.63) is 52.8 Å². The van der Waals surface area contributed by atoms with Gasteiger partial charge in [0.25, 0.3) is 5.91 Å². The van der Waals surface area contributed by atoms with Crippen LogP contribution in [0.25, 0.3) is 0 Å². The van der Waals surface area contributed by atoms with Crippen LogP contribution in [-0.2, 0) is 14.3 Å². The fourth-order valence-corrected chi connectivity index (χ4v) is 6.91. The van der Waals surface area contributed by atoms with E-state index in [-0.39, 0.29) is 36.4 Å². The van der Waals surface area contributed by atoms with E-state index < -0.39 is 12.1 Å². The Morgan fingerprint density at radius 1 is 0.977 bits per heavy atom. The lowest BCUT2D eigenvalue weighted by Crippen LogP contribution is -2.37. The van der Waals surface area contributed by atoms with Gasteiger partial charge < -0.3 is 24.6 Å². The summed E-state index contributed by atoms with van der Waals surface area (Å²) < 4.78 is 10.6. The van der Waals surface area contributed by atoms with Crippen molar-refractivity contribution in [1.29, 1.82) is 0 Å². The summed E-state index contributed by atoms with van der Waals surface area (Å²) in [6, 6.07) is 10.4. The fourth-order valence-electron chi connectivity index (χ4n) is 6.91. The van der Waals surface area contributed by atoms with Crippen LogP contribution in [0.4, 0.5) is 0 Å². The zero-order chi connectivity index (χ0) is 30.5. The maximum absolute atomic E-state index is 13.6. The standard InChI is InChI=1S/C33H45N5O5/c1-5-42-32(41)23(4)43-33-34-21(2)29(22(3)35-33)31(40)38-19-26-17-37(18-27(26)20-38)16-15-28(24-11-7-6-8-12-24)36-30(39)25-13-9-10-14-25/h6-8,11-12,23,25-28H,5,9-10,13-20H2,1-4H3,(H,36,39). The van der Waals surface area contributed by atoms with E-state index in [4.69, 9.17) is 9.47 Å². The molecule has 0 spiro atoms. The molecule has 3 heterocycles. The first kappa shape index (κ1) is 30.9. The van der Waals surface area contributed by atoms with Gasteiger partial charge in [0, 0.05) is 38.6 Å². The van der Waals surface area contributed by atoms with Gasteiger partial charge in [-0.2, -0.15) is 9.97 Å².